The van der Waals surface area contributed by atoms with Crippen molar-refractivity contribution in [3.8, 4) is 0 Å². The van der Waals surface area contributed by atoms with Gasteiger partial charge in [-0.2, -0.15) is 0 Å². The van der Waals surface area contributed by atoms with E-state index in [1.165, 1.54) is 38.5 Å². The lowest BCUT2D eigenvalue weighted by molar-refractivity contribution is 0.504. The van der Waals surface area contributed by atoms with Gasteiger partial charge in [0.2, 0.25) is 0 Å². The quantitative estimate of drug-likeness (QED) is 0.638. The van der Waals surface area contributed by atoms with Crippen LogP contribution in [-0.2, 0) is 0 Å². The first-order valence-corrected chi connectivity index (χ1v) is 5.32. The molecule has 74 valence electrons. The fourth-order valence-electron chi connectivity index (χ4n) is 1.34. The van der Waals surface area contributed by atoms with Crippen LogP contribution in [0.5, 0.6) is 0 Å². The molecule has 0 heterocycles. The Morgan fingerprint density at radius 3 is 1.58 bits per heavy atom. The van der Waals surface area contributed by atoms with Crippen LogP contribution in [0.15, 0.2) is 0 Å². The SMILES string of the molecule is C1CCCCC1.CCNCCN. The van der Waals surface area contributed by atoms with Crippen LogP contribution in [-0.4, -0.2) is 19.6 Å². The highest BCUT2D eigenvalue weighted by Crippen LogP contribution is 2.15. The van der Waals surface area contributed by atoms with Gasteiger partial charge in [0.15, 0.2) is 0 Å². The van der Waals surface area contributed by atoms with E-state index < -0.39 is 0 Å². The van der Waals surface area contributed by atoms with Gasteiger partial charge in [-0.1, -0.05) is 45.4 Å². The average Bonchev–Trinajstić information content (AvgIpc) is 2.18. The highest BCUT2D eigenvalue weighted by Gasteiger charge is 1.95. The molecule has 0 aromatic heterocycles. The first-order chi connectivity index (χ1) is 5.91. The van der Waals surface area contributed by atoms with Crippen molar-refractivity contribution in [2.45, 2.75) is 45.4 Å². The minimum absolute atomic E-state index is 0.744. The summed E-state index contributed by atoms with van der Waals surface area (Å²) >= 11 is 0. The molecule has 0 saturated heterocycles. The first-order valence-electron chi connectivity index (χ1n) is 5.32. The van der Waals surface area contributed by atoms with Gasteiger partial charge in [0, 0.05) is 13.1 Å². The molecule has 0 spiro atoms. The summed E-state index contributed by atoms with van der Waals surface area (Å²) in [5, 5.41) is 3.07. The topological polar surface area (TPSA) is 38.0 Å². The van der Waals surface area contributed by atoms with Gasteiger partial charge in [-0.05, 0) is 6.54 Å². The number of nitrogens with two attached hydrogens (primary N) is 1. The van der Waals surface area contributed by atoms with Crippen molar-refractivity contribution in [3.05, 3.63) is 0 Å². The summed E-state index contributed by atoms with van der Waals surface area (Å²) in [4.78, 5) is 0. The van der Waals surface area contributed by atoms with Crippen LogP contribution in [0.4, 0.5) is 0 Å². The molecule has 0 aromatic rings. The lowest BCUT2D eigenvalue weighted by atomic mass is 10.0. The summed E-state index contributed by atoms with van der Waals surface area (Å²) in [5.74, 6) is 0. The summed E-state index contributed by atoms with van der Waals surface area (Å²) in [6, 6.07) is 0. The average molecular weight is 172 g/mol. The van der Waals surface area contributed by atoms with Crippen molar-refractivity contribution in [3.63, 3.8) is 0 Å². The van der Waals surface area contributed by atoms with E-state index in [2.05, 4.69) is 12.2 Å². The van der Waals surface area contributed by atoms with Crippen molar-refractivity contribution in [2.75, 3.05) is 19.6 Å². The monoisotopic (exact) mass is 172 g/mol. The molecule has 1 saturated carbocycles. The number of nitrogens with one attached hydrogen (secondary N) is 1. The van der Waals surface area contributed by atoms with Crippen molar-refractivity contribution in [2.24, 2.45) is 5.73 Å². The van der Waals surface area contributed by atoms with Crippen molar-refractivity contribution in [1.29, 1.82) is 0 Å². The zero-order valence-corrected chi connectivity index (χ0v) is 8.44. The van der Waals surface area contributed by atoms with Crippen LogP contribution in [0, 0.1) is 0 Å². The summed E-state index contributed by atoms with van der Waals surface area (Å²) in [7, 11) is 0. The Morgan fingerprint density at radius 2 is 1.42 bits per heavy atom. The van der Waals surface area contributed by atoms with Gasteiger partial charge in [0.05, 0.1) is 0 Å². The Labute approximate surface area is 76.9 Å². The summed E-state index contributed by atoms with van der Waals surface area (Å²) in [5.41, 5.74) is 5.15. The summed E-state index contributed by atoms with van der Waals surface area (Å²) < 4.78 is 0. The Morgan fingerprint density at radius 1 is 1.00 bits per heavy atom. The van der Waals surface area contributed by atoms with Gasteiger partial charge in [-0.25, -0.2) is 0 Å². The number of hydrogen-bond acceptors (Lipinski definition) is 2. The van der Waals surface area contributed by atoms with Crippen LogP contribution in [0.1, 0.15) is 45.4 Å². The third kappa shape index (κ3) is 9.92. The van der Waals surface area contributed by atoms with E-state index in [4.69, 9.17) is 5.73 Å². The van der Waals surface area contributed by atoms with Crippen LogP contribution in [0.2, 0.25) is 0 Å². The molecule has 12 heavy (non-hydrogen) atoms. The normalized spacial score (nSPS) is 16.5. The zero-order valence-electron chi connectivity index (χ0n) is 8.44. The van der Waals surface area contributed by atoms with E-state index in [0.717, 1.165) is 19.6 Å². The fraction of sp³-hybridized carbons (Fsp3) is 1.00. The maximum atomic E-state index is 5.15. The van der Waals surface area contributed by atoms with E-state index in [1.807, 2.05) is 0 Å². The van der Waals surface area contributed by atoms with Crippen molar-refractivity contribution >= 4 is 0 Å². The molecule has 0 atom stereocenters. The maximum absolute atomic E-state index is 5.15. The minimum Gasteiger partial charge on any atom is -0.329 e. The predicted molar refractivity (Wildman–Crippen MR) is 55.3 cm³/mol. The molecule has 0 radical (unpaired) electrons. The first kappa shape index (κ1) is 11.9. The third-order valence-electron chi connectivity index (χ3n) is 2.07. The van der Waals surface area contributed by atoms with Gasteiger partial charge in [0.1, 0.15) is 0 Å². The molecule has 2 nitrogen and oxygen atoms in total. The minimum atomic E-state index is 0.744. The highest BCUT2D eigenvalue weighted by atomic mass is 14.9. The van der Waals surface area contributed by atoms with Crippen molar-refractivity contribution in [1.82, 2.24) is 5.32 Å². The molecular weight excluding hydrogens is 148 g/mol. The molecule has 3 N–H and O–H groups in total. The molecule has 1 rings (SSSR count). The van der Waals surface area contributed by atoms with Gasteiger partial charge in [0.25, 0.3) is 0 Å². The molecule has 0 aliphatic heterocycles. The van der Waals surface area contributed by atoms with Crippen LogP contribution in [0.25, 0.3) is 0 Å². The highest BCUT2D eigenvalue weighted by molar-refractivity contribution is 4.51. The Bertz CT molecular complexity index is 54.7. The van der Waals surface area contributed by atoms with Gasteiger partial charge >= 0.3 is 0 Å². The molecule has 1 aliphatic rings. The molecular formula is C10H24N2. The van der Waals surface area contributed by atoms with Crippen LogP contribution in [0.3, 0.4) is 0 Å². The second kappa shape index (κ2) is 10.9. The molecule has 0 bridgehead atoms. The maximum Gasteiger partial charge on any atom is 0.00743 e. The molecule has 0 aromatic carbocycles. The van der Waals surface area contributed by atoms with Crippen molar-refractivity contribution < 1.29 is 0 Å². The predicted octanol–water partition coefficient (Wildman–Crippen LogP) is 1.90. The van der Waals surface area contributed by atoms with E-state index in [-0.39, 0.29) is 0 Å². The Kier molecular flexibility index (Phi) is 10.8. The Balaban J connectivity index is 0.000000202. The largest absolute Gasteiger partial charge is 0.329 e. The molecule has 1 fully saturated rings. The number of rotatable bonds is 3. The van der Waals surface area contributed by atoms with Crippen LogP contribution < -0.4 is 11.1 Å². The van der Waals surface area contributed by atoms with Gasteiger partial charge in [-0.15, -0.1) is 0 Å². The third-order valence-corrected chi connectivity index (χ3v) is 2.07. The molecule has 1 aliphatic carbocycles. The van der Waals surface area contributed by atoms with E-state index in [9.17, 15) is 0 Å². The Hall–Kier alpha value is -0.0800. The lowest BCUT2D eigenvalue weighted by Gasteiger charge is -2.05. The second-order valence-electron chi connectivity index (χ2n) is 3.26. The molecule has 2 heteroatoms. The standard InChI is InChI=1S/C6H12.C4H12N2/c1-2-4-6-5-3-1;1-2-6-4-3-5/h1-6H2;6H,2-5H2,1H3. The molecule has 0 unspecified atom stereocenters. The second-order valence-corrected chi connectivity index (χ2v) is 3.26. The molecule has 0 amide bonds. The van der Waals surface area contributed by atoms with Gasteiger partial charge in [-0.3, -0.25) is 0 Å². The zero-order chi connectivity index (χ0) is 9.07. The summed E-state index contributed by atoms with van der Waals surface area (Å²) in [6.07, 6.45) is 9.00. The van der Waals surface area contributed by atoms with Gasteiger partial charge < -0.3 is 11.1 Å². The number of likely N-dealkylation sites (N-methyl/N-ethyl adjacent to an activating group) is 1. The smallest absolute Gasteiger partial charge is 0.00743 e. The van der Waals surface area contributed by atoms with E-state index in [0.29, 0.717) is 0 Å². The fourth-order valence-corrected chi connectivity index (χ4v) is 1.34. The van der Waals surface area contributed by atoms with E-state index >= 15 is 0 Å². The summed E-state index contributed by atoms with van der Waals surface area (Å²) in [6.45, 7) is 4.77. The van der Waals surface area contributed by atoms with E-state index in [1.54, 1.807) is 0 Å². The van der Waals surface area contributed by atoms with Crippen LogP contribution >= 0.6 is 0 Å². The lowest BCUT2D eigenvalue weighted by Crippen LogP contribution is -2.21. The number of hydrogen-bond donors (Lipinski definition) is 2.